The summed E-state index contributed by atoms with van der Waals surface area (Å²) in [5.41, 5.74) is 3.73. The lowest BCUT2D eigenvalue weighted by atomic mass is 10.1. The predicted octanol–water partition coefficient (Wildman–Crippen LogP) is 3.76. The van der Waals surface area contributed by atoms with Crippen LogP contribution in [0.1, 0.15) is 28.9 Å². The van der Waals surface area contributed by atoms with Gasteiger partial charge >= 0.3 is 0 Å². The van der Waals surface area contributed by atoms with Gasteiger partial charge in [0.25, 0.3) is 0 Å². The Labute approximate surface area is 121 Å². The molecule has 1 aromatic carbocycles. The number of aryl methyl sites for hydroxylation is 2. The van der Waals surface area contributed by atoms with Crippen molar-refractivity contribution in [3.8, 4) is 5.75 Å². The van der Waals surface area contributed by atoms with Gasteiger partial charge in [-0.15, -0.1) is 0 Å². The third kappa shape index (κ3) is 3.87. The zero-order valence-electron chi connectivity index (χ0n) is 12.5. The summed E-state index contributed by atoms with van der Waals surface area (Å²) in [4.78, 5) is 0. The Bertz CT molecular complexity index is 532. The van der Waals surface area contributed by atoms with Crippen molar-refractivity contribution < 1.29 is 9.15 Å². The van der Waals surface area contributed by atoms with Crippen LogP contribution in [0, 0.1) is 20.8 Å². The Hall–Kier alpha value is -1.74. The number of furan rings is 1. The van der Waals surface area contributed by atoms with Crippen LogP contribution >= 0.6 is 0 Å². The second-order valence-corrected chi connectivity index (χ2v) is 5.11. The van der Waals surface area contributed by atoms with Crippen molar-refractivity contribution in [1.29, 1.82) is 0 Å². The van der Waals surface area contributed by atoms with Gasteiger partial charge in [-0.2, -0.15) is 0 Å². The van der Waals surface area contributed by atoms with E-state index in [0.29, 0.717) is 0 Å². The highest BCUT2D eigenvalue weighted by Crippen LogP contribution is 2.25. The van der Waals surface area contributed by atoms with Gasteiger partial charge in [0.1, 0.15) is 11.5 Å². The topological polar surface area (TPSA) is 34.4 Å². The molecule has 0 fully saturated rings. The van der Waals surface area contributed by atoms with E-state index in [9.17, 15) is 0 Å². The van der Waals surface area contributed by atoms with Gasteiger partial charge in [-0.1, -0.05) is 12.1 Å². The number of hydrogen-bond donors (Lipinski definition) is 1. The van der Waals surface area contributed by atoms with Crippen molar-refractivity contribution in [2.24, 2.45) is 0 Å². The first-order valence-corrected chi connectivity index (χ1v) is 7.11. The monoisotopic (exact) mass is 273 g/mol. The Morgan fingerprint density at radius 1 is 1.10 bits per heavy atom. The molecule has 1 heterocycles. The van der Waals surface area contributed by atoms with Crippen molar-refractivity contribution in [2.45, 2.75) is 33.7 Å². The van der Waals surface area contributed by atoms with Crippen molar-refractivity contribution in [3.63, 3.8) is 0 Å². The maximum atomic E-state index is 5.92. The zero-order valence-corrected chi connectivity index (χ0v) is 12.5. The molecule has 0 aliphatic carbocycles. The normalized spacial score (nSPS) is 10.8. The minimum Gasteiger partial charge on any atom is -0.493 e. The van der Waals surface area contributed by atoms with E-state index in [4.69, 9.17) is 9.15 Å². The molecule has 0 saturated heterocycles. The Balaban J connectivity index is 1.70. The van der Waals surface area contributed by atoms with Gasteiger partial charge in [-0.25, -0.2) is 0 Å². The van der Waals surface area contributed by atoms with E-state index < -0.39 is 0 Å². The number of nitrogens with one attached hydrogen (secondary N) is 1. The molecule has 0 radical (unpaired) electrons. The van der Waals surface area contributed by atoms with Crippen LogP contribution < -0.4 is 10.1 Å². The summed E-state index contributed by atoms with van der Waals surface area (Å²) >= 11 is 0. The summed E-state index contributed by atoms with van der Waals surface area (Å²) in [6.45, 7) is 8.76. The van der Waals surface area contributed by atoms with Gasteiger partial charge in [-0.05, 0) is 62.6 Å². The molecule has 3 nitrogen and oxygen atoms in total. The molecule has 0 bridgehead atoms. The highest BCUT2D eigenvalue weighted by molar-refractivity contribution is 5.44. The summed E-state index contributed by atoms with van der Waals surface area (Å²) in [5.74, 6) is 2.01. The highest BCUT2D eigenvalue weighted by Gasteiger charge is 2.05. The molecule has 20 heavy (non-hydrogen) atoms. The van der Waals surface area contributed by atoms with Crippen LogP contribution in [-0.4, -0.2) is 13.2 Å². The number of rotatable bonds is 7. The van der Waals surface area contributed by atoms with Crippen LogP contribution in [0.15, 0.2) is 34.9 Å². The van der Waals surface area contributed by atoms with Crippen LogP contribution in [0.4, 0.5) is 0 Å². The number of benzene rings is 1. The lowest BCUT2D eigenvalue weighted by Crippen LogP contribution is -2.17. The maximum absolute atomic E-state index is 5.92. The molecule has 0 unspecified atom stereocenters. The molecule has 0 aliphatic heterocycles. The van der Waals surface area contributed by atoms with E-state index in [0.717, 1.165) is 37.6 Å². The first-order chi connectivity index (χ1) is 9.68. The molecule has 3 heteroatoms. The summed E-state index contributed by atoms with van der Waals surface area (Å²) in [6, 6.07) is 8.14. The molecule has 0 saturated carbocycles. The van der Waals surface area contributed by atoms with Gasteiger partial charge < -0.3 is 14.5 Å². The smallest absolute Gasteiger partial charge is 0.125 e. The molecule has 0 spiro atoms. The summed E-state index contributed by atoms with van der Waals surface area (Å²) < 4.78 is 11.2. The molecule has 108 valence electrons. The summed E-state index contributed by atoms with van der Waals surface area (Å²) in [7, 11) is 0. The van der Waals surface area contributed by atoms with E-state index >= 15 is 0 Å². The summed E-state index contributed by atoms with van der Waals surface area (Å²) in [6.07, 6.45) is 2.68. The van der Waals surface area contributed by atoms with Gasteiger partial charge in [0.05, 0.1) is 19.4 Å². The van der Waals surface area contributed by atoms with E-state index in [2.05, 4.69) is 38.2 Å². The average Bonchev–Trinajstić information content (AvgIpc) is 2.94. The Morgan fingerprint density at radius 3 is 2.65 bits per heavy atom. The second kappa shape index (κ2) is 7.15. The maximum Gasteiger partial charge on any atom is 0.125 e. The summed E-state index contributed by atoms with van der Waals surface area (Å²) in [5, 5.41) is 3.34. The molecular weight excluding hydrogens is 250 g/mol. The van der Waals surface area contributed by atoms with Crippen molar-refractivity contribution in [1.82, 2.24) is 5.32 Å². The number of hydrogen-bond acceptors (Lipinski definition) is 3. The first kappa shape index (κ1) is 14.7. The van der Waals surface area contributed by atoms with Crippen LogP contribution in [0.25, 0.3) is 0 Å². The highest BCUT2D eigenvalue weighted by atomic mass is 16.5. The SMILES string of the molecule is Cc1ccc(C)c(OCCCNCc2ccco2)c1C. The van der Waals surface area contributed by atoms with Gasteiger partial charge in [-0.3, -0.25) is 0 Å². The molecule has 2 rings (SSSR count). The minimum atomic E-state index is 0.732. The first-order valence-electron chi connectivity index (χ1n) is 7.11. The van der Waals surface area contributed by atoms with Gasteiger partial charge in [0.2, 0.25) is 0 Å². The average molecular weight is 273 g/mol. The van der Waals surface area contributed by atoms with Gasteiger partial charge in [0.15, 0.2) is 0 Å². The fraction of sp³-hybridized carbons (Fsp3) is 0.412. The van der Waals surface area contributed by atoms with E-state index in [1.807, 2.05) is 12.1 Å². The van der Waals surface area contributed by atoms with Crippen molar-refractivity contribution in [3.05, 3.63) is 53.0 Å². The molecule has 0 aliphatic rings. The van der Waals surface area contributed by atoms with Crippen LogP contribution in [0.2, 0.25) is 0 Å². The van der Waals surface area contributed by atoms with Crippen molar-refractivity contribution in [2.75, 3.05) is 13.2 Å². The predicted molar refractivity (Wildman–Crippen MR) is 81.2 cm³/mol. The van der Waals surface area contributed by atoms with Crippen LogP contribution in [0.5, 0.6) is 5.75 Å². The lowest BCUT2D eigenvalue weighted by Gasteiger charge is -2.14. The zero-order chi connectivity index (χ0) is 14.4. The molecule has 1 N–H and O–H groups in total. The fourth-order valence-corrected chi connectivity index (χ4v) is 2.14. The van der Waals surface area contributed by atoms with E-state index in [-0.39, 0.29) is 0 Å². The number of ether oxygens (including phenoxy) is 1. The molecular formula is C17H23NO2. The standard InChI is InChI=1S/C17H23NO2/c1-13-7-8-14(2)17(15(13)3)20-11-5-9-18-12-16-6-4-10-19-16/h4,6-8,10,18H,5,9,11-12H2,1-3H3. The lowest BCUT2D eigenvalue weighted by molar-refractivity contribution is 0.303. The molecule has 0 atom stereocenters. The molecule has 1 aromatic heterocycles. The van der Waals surface area contributed by atoms with Crippen LogP contribution in [-0.2, 0) is 6.54 Å². The Kier molecular flexibility index (Phi) is 5.24. The molecule has 0 amide bonds. The third-order valence-corrected chi connectivity index (χ3v) is 3.50. The Morgan fingerprint density at radius 2 is 1.90 bits per heavy atom. The largest absolute Gasteiger partial charge is 0.493 e. The van der Waals surface area contributed by atoms with E-state index in [1.54, 1.807) is 6.26 Å². The molecule has 2 aromatic rings. The second-order valence-electron chi connectivity index (χ2n) is 5.11. The minimum absolute atomic E-state index is 0.732. The third-order valence-electron chi connectivity index (χ3n) is 3.50. The fourth-order valence-electron chi connectivity index (χ4n) is 2.14. The van der Waals surface area contributed by atoms with E-state index in [1.165, 1.54) is 16.7 Å². The van der Waals surface area contributed by atoms with Crippen LogP contribution in [0.3, 0.4) is 0 Å². The van der Waals surface area contributed by atoms with Crippen molar-refractivity contribution >= 4 is 0 Å². The van der Waals surface area contributed by atoms with Gasteiger partial charge in [0, 0.05) is 0 Å². The quantitative estimate of drug-likeness (QED) is 0.780.